The van der Waals surface area contributed by atoms with E-state index in [0.717, 1.165) is 30.4 Å². The van der Waals surface area contributed by atoms with Gasteiger partial charge < -0.3 is 5.11 Å². The zero-order chi connectivity index (χ0) is 12.9. The Kier molecular flexibility index (Phi) is 2.99. The average Bonchev–Trinajstić information content (AvgIpc) is 2.89. The normalized spacial score (nSPS) is 26.9. The molecule has 3 rings (SSSR count). The molecule has 1 aromatic rings. The molecule has 1 aromatic carbocycles. The second kappa shape index (κ2) is 4.39. The number of Topliss-reactive ketones (excluding diaryl/α,β-unsaturated/α-hetero) is 1. The molecule has 4 heteroatoms. The van der Waals surface area contributed by atoms with E-state index in [9.17, 15) is 9.90 Å². The van der Waals surface area contributed by atoms with Crippen molar-refractivity contribution < 1.29 is 9.90 Å². The van der Waals surface area contributed by atoms with Crippen LogP contribution in [0.3, 0.4) is 0 Å². The van der Waals surface area contributed by atoms with Crippen molar-refractivity contribution >= 4 is 38.9 Å². The van der Waals surface area contributed by atoms with E-state index >= 15 is 0 Å². The van der Waals surface area contributed by atoms with Gasteiger partial charge in [-0.25, -0.2) is 0 Å². The van der Waals surface area contributed by atoms with Crippen molar-refractivity contribution in [2.75, 3.05) is 0 Å². The van der Waals surface area contributed by atoms with E-state index in [4.69, 9.17) is 11.6 Å². The molecular weight excluding hydrogens is 316 g/mol. The van der Waals surface area contributed by atoms with Gasteiger partial charge in [0.2, 0.25) is 0 Å². The van der Waals surface area contributed by atoms with Crippen LogP contribution in [-0.4, -0.2) is 10.9 Å². The Bertz CT molecular complexity index is 565. The van der Waals surface area contributed by atoms with Crippen LogP contribution >= 0.6 is 27.5 Å². The summed E-state index contributed by atoms with van der Waals surface area (Å²) in [7, 11) is 0. The van der Waals surface area contributed by atoms with Crippen LogP contribution in [0.1, 0.15) is 24.8 Å². The fraction of sp³-hybridized carbons (Fsp3) is 0.357. The molecule has 94 valence electrons. The maximum atomic E-state index is 12.1. The van der Waals surface area contributed by atoms with Crippen LogP contribution in [-0.2, 0) is 4.79 Å². The first-order valence-electron chi connectivity index (χ1n) is 6.02. The molecule has 0 amide bonds. The molecule has 18 heavy (non-hydrogen) atoms. The van der Waals surface area contributed by atoms with E-state index in [2.05, 4.69) is 15.9 Å². The van der Waals surface area contributed by atoms with Crippen LogP contribution in [0, 0.1) is 11.8 Å². The van der Waals surface area contributed by atoms with Crippen LogP contribution < -0.4 is 0 Å². The lowest BCUT2D eigenvalue weighted by Crippen LogP contribution is -2.10. The summed E-state index contributed by atoms with van der Waals surface area (Å²) in [5.41, 5.74) is 2.00. The van der Waals surface area contributed by atoms with E-state index in [1.807, 2.05) is 6.07 Å². The van der Waals surface area contributed by atoms with Crippen LogP contribution in [0.5, 0.6) is 5.75 Å². The summed E-state index contributed by atoms with van der Waals surface area (Å²) in [6.45, 7) is 0. The summed E-state index contributed by atoms with van der Waals surface area (Å²) < 4.78 is 0.693. The van der Waals surface area contributed by atoms with Crippen molar-refractivity contribution in [1.82, 2.24) is 0 Å². The quantitative estimate of drug-likeness (QED) is 0.841. The maximum Gasteiger partial charge on any atom is 0.173 e. The summed E-state index contributed by atoms with van der Waals surface area (Å²) in [6.07, 6.45) is 3.14. The molecule has 2 nitrogen and oxygen atoms in total. The first-order valence-corrected chi connectivity index (χ1v) is 7.19. The third-order valence-corrected chi connectivity index (χ3v) is 5.06. The third-order valence-electron chi connectivity index (χ3n) is 3.94. The van der Waals surface area contributed by atoms with Crippen LogP contribution in [0.15, 0.2) is 22.7 Å². The number of aromatic hydroxyl groups is 1. The monoisotopic (exact) mass is 326 g/mol. The molecule has 0 heterocycles. The molecule has 1 N–H and O–H groups in total. The van der Waals surface area contributed by atoms with Gasteiger partial charge in [0.25, 0.3) is 0 Å². The summed E-state index contributed by atoms with van der Waals surface area (Å²) in [5.74, 6) is 0.746. The largest absolute Gasteiger partial charge is 0.506 e. The number of phenols is 1. The standard InChI is InChI=1S/C14H12BrClO2/c15-13-12(7-4-5-11(17)10(16)6-7)8-2-1-3-9(8)14(13)18/h4-6,8-9,17H,1-3H2. The van der Waals surface area contributed by atoms with Crippen molar-refractivity contribution in [3.05, 3.63) is 33.3 Å². The molecule has 2 unspecified atom stereocenters. The van der Waals surface area contributed by atoms with Gasteiger partial charge in [-0.1, -0.05) is 24.1 Å². The second-order valence-corrected chi connectivity index (χ2v) is 6.10. The molecule has 0 bridgehead atoms. The highest BCUT2D eigenvalue weighted by atomic mass is 79.9. The van der Waals surface area contributed by atoms with Gasteiger partial charge in [-0.3, -0.25) is 4.79 Å². The van der Waals surface area contributed by atoms with Crippen LogP contribution in [0.25, 0.3) is 5.57 Å². The van der Waals surface area contributed by atoms with Gasteiger partial charge in [0.05, 0.1) is 9.51 Å². The van der Waals surface area contributed by atoms with E-state index in [1.165, 1.54) is 0 Å². The molecule has 2 aliphatic carbocycles. The van der Waals surface area contributed by atoms with Crippen LogP contribution in [0.2, 0.25) is 5.02 Å². The van der Waals surface area contributed by atoms with Crippen molar-refractivity contribution in [3.63, 3.8) is 0 Å². The number of carbonyl (C=O) groups excluding carboxylic acids is 1. The zero-order valence-electron chi connectivity index (χ0n) is 9.62. The highest BCUT2D eigenvalue weighted by molar-refractivity contribution is 9.12. The van der Waals surface area contributed by atoms with Gasteiger partial charge in [-0.2, -0.15) is 0 Å². The van der Waals surface area contributed by atoms with Crippen molar-refractivity contribution in [1.29, 1.82) is 0 Å². The van der Waals surface area contributed by atoms with Gasteiger partial charge in [-0.05, 0) is 58.0 Å². The van der Waals surface area contributed by atoms with E-state index in [1.54, 1.807) is 12.1 Å². The Morgan fingerprint density at radius 2 is 2.00 bits per heavy atom. The molecule has 1 fully saturated rings. The van der Waals surface area contributed by atoms with E-state index in [0.29, 0.717) is 15.4 Å². The average molecular weight is 328 g/mol. The fourth-order valence-corrected chi connectivity index (χ4v) is 4.09. The van der Waals surface area contributed by atoms with Crippen molar-refractivity contribution in [3.8, 4) is 5.75 Å². The highest BCUT2D eigenvalue weighted by Crippen LogP contribution is 2.51. The van der Waals surface area contributed by atoms with Gasteiger partial charge in [0, 0.05) is 5.92 Å². The number of hydrogen-bond acceptors (Lipinski definition) is 2. The molecule has 0 saturated heterocycles. The maximum absolute atomic E-state index is 12.1. The number of fused-ring (bicyclic) bond motifs is 1. The number of phenolic OH excluding ortho intramolecular Hbond substituents is 1. The number of allylic oxidation sites excluding steroid dienone is 2. The van der Waals surface area contributed by atoms with Gasteiger partial charge in [-0.15, -0.1) is 0 Å². The van der Waals surface area contributed by atoms with Gasteiger partial charge in [0.1, 0.15) is 5.75 Å². The lowest BCUT2D eigenvalue weighted by atomic mass is 9.90. The minimum absolute atomic E-state index is 0.0736. The molecule has 1 saturated carbocycles. The Balaban J connectivity index is 2.09. The minimum Gasteiger partial charge on any atom is -0.506 e. The number of ketones is 1. The molecule has 0 aliphatic heterocycles. The number of carbonyl (C=O) groups is 1. The molecule has 2 aliphatic rings. The molecule has 0 aromatic heterocycles. The van der Waals surface area contributed by atoms with Crippen molar-refractivity contribution in [2.24, 2.45) is 11.8 Å². The summed E-state index contributed by atoms with van der Waals surface area (Å²) >= 11 is 9.38. The molecule has 0 spiro atoms. The van der Waals surface area contributed by atoms with Gasteiger partial charge in [0.15, 0.2) is 5.78 Å². The molecule has 2 atom stereocenters. The minimum atomic E-state index is 0.0736. The number of benzene rings is 1. The predicted molar refractivity (Wildman–Crippen MR) is 74.8 cm³/mol. The second-order valence-electron chi connectivity index (χ2n) is 4.90. The van der Waals surface area contributed by atoms with E-state index < -0.39 is 0 Å². The van der Waals surface area contributed by atoms with E-state index in [-0.39, 0.29) is 17.5 Å². The van der Waals surface area contributed by atoms with Crippen LogP contribution in [0.4, 0.5) is 0 Å². The number of halogens is 2. The Labute approximate surface area is 119 Å². The first kappa shape index (κ1) is 12.2. The Morgan fingerprint density at radius 1 is 1.28 bits per heavy atom. The summed E-state index contributed by atoms with van der Waals surface area (Å²) in [4.78, 5) is 12.1. The van der Waals surface area contributed by atoms with Gasteiger partial charge >= 0.3 is 0 Å². The summed E-state index contributed by atoms with van der Waals surface area (Å²) in [5, 5.41) is 9.79. The molecule has 0 radical (unpaired) electrons. The summed E-state index contributed by atoms with van der Waals surface area (Å²) in [6, 6.07) is 5.14. The Morgan fingerprint density at radius 3 is 2.72 bits per heavy atom. The first-order chi connectivity index (χ1) is 8.59. The fourth-order valence-electron chi connectivity index (χ4n) is 3.09. The highest BCUT2D eigenvalue weighted by Gasteiger charge is 2.43. The lowest BCUT2D eigenvalue weighted by molar-refractivity contribution is -0.118. The number of hydrogen-bond donors (Lipinski definition) is 1. The smallest absolute Gasteiger partial charge is 0.173 e. The topological polar surface area (TPSA) is 37.3 Å². The third kappa shape index (κ3) is 1.72. The Hall–Kier alpha value is -0.800. The van der Waals surface area contributed by atoms with Crippen molar-refractivity contribution in [2.45, 2.75) is 19.3 Å². The molecular formula is C14H12BrClO2. The zero-order valence-corrected chi connectivity index (χ0v) is 12.0. The lowest BCUT2D eigenvalue weighted by Gasteiger charge is -2.13. The SMILES string of the molecule is O=C1C(Br)=C(c2ccc(O)c(Cl)c2)C2CCCC12. The number of rotatable bonds is 1. The predicted octanol–water partition coefficient (Wildman–Crippen LogP) is 4.15.